The van der Waals surface area contributed by atoms with Crippen LogP contribution in [-0.2, 0) is 9.59 Å². The van der Waals surface area contributed by atoms with Gasteiger partial charge in [0.1, 0.15) is 6.04 Å². The number of benzene rings is 1. The maximum atomic E-state index is 11.1. The highest BCUT2D eigenvalue weighted by Crippen LogP contribution is 2.13. The van der Waals surface area contributed by atoms with Crippen LogP contribution < -0.4 is 10.6 Å². The molecular weight excluding hydrogens is 284 g/mol. The molecule has 0 saturated carbocycles. The first kappa shape index (κ1) is 17.5. The molecule has 1 aromatic rings. The summed E-state index contributed by atoms with van der Waals surface area (Å²) in [6, 6.07) is 6.48. The van der Waals surface area contributed by atoms with Crippen molar-refractivity contribution in [3.8, 4) is 0 Å². The third-order valence-corrected chi connectivity index (χ3v) is 3.03. The second kappa shape index (κ2) is 7.99. The summed E-state index contributed by atoms with van der Waals surface area (Å²) in [6.07, 6.45) is 4.46. The fourth-order valence-electron chi connectivity index (χ4n) is 1.71. The summed E-state index contributed by atoms with van der Waals surface area (Å²) in [5, 5.41) is 17.8. The molecule has 0 aliphatic rings. The summed E-state index contributed by atoms with van der Waals surface area (Å²) >= 11 is 0. The summed E-state index contributed by atoms with van der Waals surface area (Å²) in [7, 11) is 3.89. The molecule has 6 heteroatoms. The van der Waals surface area contributed by atoms with E-state index in [0.29, 0.717) is 0 Å². The van der Waals surface area contributed by atoms with Crippen molar-refractivity contribution in [2.45, 2.75) is 12.5 Å². The van der Waals surface area contributed by atoms with Crippen LogP contribution in [0.2, 0.25) is 0 Å². The molecule has 0 saturated heterocycles. The molecule has 0 fully saturated rings. The van der Waals surface area contributed by atoms with Crippen LogP contribution in [-0.4, -0.2) is 42.3 Å². The van der Waals surface area contributed by atoms with Gasteiger partial charge in [0.05, 0.1) is 0 Å². The van der Waals surface area contributed by atoms with Gasteiger partial charge in [-0.05, 0) is 17.7 Å². The fourth-order valence-corrected chi connectivity index (χ4v) is 1.71. The molecule has 22 heavy (non-hydrogen) atoms. The standard InChI is InChI=1S/C16H20N2O4/c1-18(2)13-8-6-11(7-9-13)4-3-5-12(15(19)20)10-14(17)16(21)22/h3-9,14H,10,17H2,1-2H3,(H,19,20)(H,21,22). The van der Waals surface area contributed by atoms with Crippen molar-refractivity contribution in [1.82, 2.24) is 0 Å². The highest BCUT2D eigenvalue weighted by Gasteiger charge is 2.17. The van der Waals surface area contributed by atoms with Crippen LogP contribution >= 0.6 is 0 Å². The lowest BCUT2D eigenvalue weighted by Gasteiger charge is -2.11. The van der Waals surface area contributed by atoms with Crippen molar-refractivity contribution >= 4 is 23.7 Å². The minimum Gasteiger partial charge on any atom is -0.480 e. The Balaban J connectivity index is 2.81. The van der Waals surface area contributed by atoms with Gasteiger partial charge in [-0.2, -0.15) is 0 Å². The molecule has 1 atom stereocenters. The van der Waals surface area contributed by atoms with E-state index in [2.05, 4.69) is 0 Å². The fraction of sp³-hybridized carbons (Fsp3) is 0.250. The third kappa shape index (κ3) is 5.41. The lowest BCUT2D eigenvalue weighted by molar-refractivity contribution is -0.138. The van der Waals surface area contributed by atoms with E-state index in [-0.39, 0.29) is 12.0 Å². The predicted octanol–water partition coefficient (Wildman–Crippen LogP) is 1.58. The molecule has 4 N–H and O–H groups in total. The van der Waals surface area contributed by atoms with E-state index in [0.717, 1.165) is 11.3 Å². The monoisotopic (exact) mass is 304 g/mol. The second-order valence-corrected chi connectivity index (χ2v) is 4.99. The molecule has 6 nitrogen and oxygen atoms in total. The first-order valence-electron chi connectivity index (χ1n) is 6.67. The van der Waals surface area contributed by atoms with Gasteiger partial charge in [0.25, 0.3) is 0 Å². The smallest absolute Gasteiger partial charge is 0.331 e. The Bertz CT molecular complexity index is 589. The van der Waals surface area contributed by atoms with Gasteiger partial charge in [-0.3, -0.25) is 4.79 Å². The molecule has 118 valence electrons. The van der Waals surface area contributed by atoms with Crippen LogP contribution in [0, 0.1) is 0 Å². The molecule has 1 unspecified atom stereocenters. The Hall–Kier alpha value is -2.60. The van der Waals surface area contributed by atoms with Gasteiger partial charge in [0.2, 0.25) is 0 Å². The Kier molecular flexibility index (Phi) is 6.34. The van der Waals surface area contributed by atoms with Crippen LogP contribution in [0.3, 0.4) is 0 Å². The van der Waals surface area contributed by atoms with Crippen LogP contribution in [0.4, 0.5) is 5.69 Å². The number of hydrogen-bond donors (Lipinski definition) is 3. The summed E-state index contributed by atoms with van der Waals surface area (Å²) in [5.74, 6) is -2.40. The number of carboxylic acids is 2. The van der Waals surface area contributed by atoms with Crippen molar-refractivity contribution < 1.29 is 19.8 Å². The number of carbonyl (C=O) groups is 2. The molecule has 1 aromatic carbocycles. The number of rotatable bonds is 7. The minimum absolute atomic E-state index is 0.0453. The molecule has 0 aliphatic carbocycles. The first-order valence-corrected chi connectivity index (χ1v) is 6.67. The largest absolute Gasteiger partial charge is 0.480 e. The summed E-state index contributed by atoms with van der Waals surface area (Å²) in [5.41, 5.74) is 7.28. The molecule has 0 spiro atoms. The second-order valence-electron chi connectivity index (χ2n) is 4.99. The van der Waals surface area contributed by atoms with E-state index >= 15 is 0 Å². The topological polar surface area (TPSA) is 104 Å². The van der Waals surface area contributed by atoms with Gasteiger partial charge in [-0.25, -0.2) is 4.79 Å². The normalized spacial score (nSPS) is 13.1. The van der Waals surface area contributed by atoms with Crippen LogP contribution in [0.5, 0.6) is 0 Å². The van der Waals surface area contributed by atoms with Gasteiger partial charge in [0.15, 0.2) is 0 Å². The first-order chi connectivity index (χ1) is 10.3. The van der Waals surface area contributed by atoms with Gasteiger partial charge >= 0.3 is 11.9 Å². The SMILES string of the molecule is CN(C)c1ccc(C=CC=C(CC(N)C(=O)O)C(=O)O)cc1. The minimum atomic E-state index is -1.23. The van der Waals surface area contributed by atoms with Gasteiger partial charge in [-0.15, -0.1) is 0 Å². The lowest BCUT2D eigenvalue weighted by Crippen LogP contribution is -2.31. The van der Waals surface area contributed by atoms with Gasteiger partial charge in [-0.1, -0.05) is 30.4 Å². The molecule has 0 bridgehead atoms. The summed E-state index contributed by atoms with van der Waals surface area (Å²) < 4.78 is 0. The quantitative estimate of drug-likeness (QED) is 0.522. The Labute approximate surface area is 129 Å². The molecule has 0 radical (unpaired) electrons. The summed E-state index contributed by atoms with van der Waals surface area (Å²) in [4.78, 5) is 23.7. The maximum absolute atomic E-state index is 11.1. The zero-order valence-electron chi connectivity index (χ0n) is 12.6. The van der Waals surface area contributed by atoms with Crippen molar-refractivity contribution in [3.05, 3.63) is 47.6 Å². The van der Waals surface area contributed by atoms with E-state index in [4.69, 9.17) is 15.9 Å². The average molecular weight is 304 g/mol. The zero-order chi connectivity index (χ0) is 16.7. The number of allylic oxidation sites excluding steroid dienone is 2. The molecular formula is C16H20N2O4. The highest BCUT2D eigenvalue weighted by molar-refractivity contribution is 5.88. The molecule has 0 amide bonds. The van der Waals surface area contributed by atoms with Gasteiger partial charge < -0.3 is 20.8 Å². The van der Waals surface area contributed by atoms with Crippen molar-refractivity contribution in [2.75, 3.05) is 19.0 Å². The maximum Gasteiger partial charge on any atom is 0.331 e. The van der Waals surface area contributed by atoms with Crippen LogP contribution in [0.1, 0.15) is 12.0 Å². The van der Waals surface area contributed by atoms with Crippen molar-refractivity contribution in [2.24, 2.45) is 5.73 Å². The number of aliphatic carboxylic acids is 2. The Morgan fingerprint density at radius 2 is 1.82 bits per heavy atom. The number of hydrogen-bond acceptors (Lipinski definition) is 4. The van der Waals surface area contributed by atoms with E-state index in [1.54, 1.807) is 12.2 Å². The lowest BCUT2D eigenvalue weighted by atomic mass is 10.1. The van der Waals surface area contributed by atoms with Crippen LogP contribution in [0.15, 0.2) is 42.0 Å². The summed E-state index contributed by atoms with van der Waals surface area (Å²) in [6.45, 7) is 0. The van der Waals surface area contributed by atoms with Crippen molar-refractivity contribution in [3.63, 3.8) is 0 Å². The van der Waals surface area contributed by atoms with E-state index < -0.39 is 18.0 Å². The number of nitrogens with zero attached hydrogens (tertiary/aromatic N) is 1. The number of carboxylic acid groups (broad SMARTS) is 2. The van der Waals surface area contributed by atoms with Crippen molar-refractivity contribution in [1.29, 1.82) is 0 Å². The molecule has 0 heterocycles. The van der Waals surface area contributed by atoms with E-state index in [1.807, 2.05) is 43.3 Å². The van der Waals surface area contributed by atoms with E-state index in [1.165, 1.54) is 6.08 Å². The van der Waals surface area contributed by atoms with E-state index in [9.17, 15) is 9.59 Å². The zero-order valence-corrected chi connectivity index (χ0v) is 12.6. The number of anilines is 1. The average Bonchev–Trinajstić information content (AvgIpc) is 2.46. The van der Waals surface area contributed by atoms with Crippen LogP contribution in [0.25, 0.3) is 6.08 Å². The molecule has 0 aliphatic heterocycles. The predicted molar refractivity (Wildman–Crippen MR) is 85.8 cm³/mol. The Morgan fingerprint density at radius 3 is 2.27 bits per heavy atom. The van der Waals surface area contributed by atoms with Gasteiger partial charge in [0, 0.05) is 31.8 Å². The highest BCUT2D eigenvalue weighted by atomic mass is 16.4. The third-order valence-electron chi connectivity index (χ3n) is 3.03. The molecule has 0 aromatic heterocycles. The Morgan fingerprint density at radius 1 is 1.23 bits per heavy atom. The molecule has 1 rings (SSSR count). The number of nitrogens with two attached hydrogens (primary N) is 1.